The summed E-state index contributed by atoms with van der Waals surface area (Å²) in [7, 11) is 1.55. The van der Waals surface area contributed by atoms with E-state index in [9.17, 15) is 8.78 Å². The lowest BCUT2D eigenvalue weighted by molar-refractivity contribution is 0.0325. The molecule has 2 unspecified atom stereocenters. The van der Waals surface area contributed by atoms with Gasteiger partial charge in [-0.3, -0.25) is 11.3 Å². The second-order valence-electron chi connectivity index (χ2n) is 4.29. The van der Waals surface area contributed by atoms with E-state index < -0.39 is 17.7 Å². The minimum Gasteiger partial charge on any atom is -0.379 e. The average Bonchev–Trinajstić information content (AvgIpc) is 2.23. The quantitative estimate of drug-likeness (QED) is 0.616. The van der Waals surface area contributed by atoms with Crippen molar-refractivity contribution >= 4 is 0 Å². The van der Waals surface area contributed by atoms with Crippen LogP contribution in [0.4, 0.5) is 8.78 Å². The van der Waals surface area contributed by atoms with Crippen molar-refractivity contribution in [3.63, 3.8) is 0 Å². The van der Waals surface area contributed by atoms with Gasteiger partial charge in [0.15, 0.2) is 0 Å². The van der Waals surface area contributed by atoms with Crippen molar-refractivity contribution in [1.82, 2.24) is 5.43 Å². The van der Waals surface area contributed by atoms with Crippen LogP contribution in [0.1, 0.15) is 25.5 Å². The van der Waals surface area contributed by atoms with Gasteiger partial charge in [0.05, 0.1) is 12.1 Å². The van der Waals surface area contributed by atoms with Crippen molar-refractivity contribution in [3.8, 4) is 0 Å². The van der Waals surface area contributed by atoms with Crippen molar-refractivity contribution < 1.29 is 13.5 Å². The zero-order valence-corrected chi connectivity index (χ0v) is 10.2. The molecule has 3 nitrogen and oxygen atoms in total. The highest BCUT2D eigenvalue weighted by Crippen LogP contribution is 2.25. The molecule has 1 aromatic carbocycles. The van der Waals surface area contributed by atoms with Gasteiger partial charge in [0.25, 0.3) is 0 Å². The topological polar surface area (TPSA) is 47.3 Å². The average molecular weight is 244 g/mol. The molecule has 3 N–H and O–H groups in total. The van der Waals surface area contributed by atoms with Crippen LogP contribution in [0.3, 0.4) is 0 Å². The fourth-order valence-corrected chi connectivity index (χ4v) is 1.93. The maximum Gasteiger partial charge on any atom is 0.126 e. The van der Waals surface area contributed by atoms with Gasteiger partial charge in [-0.15, -0.1) is 0 Å². The van der Waals surface area contributed by atoms with E-state index in [0.29, 0.717) is 5.56 Å². The molecule has 1 aromatic rings. The predicted octanol–water partition coefficient (Wildman–Crippen LogP) is 2.14. The first-order chi connectivity index (χ1) is 7.99. The fraction of sp³-hybridized carbons (Fsp3) is 0.500. The van der Waals surface area contributed by atoms with E-state index in [-0.39, 0.29) is 12.0 Å². The van der Waals surface area contributed by atoms with Gasteiger partial charge in [-0.25, -0.2) is 8.78 Å². The van der Waals surface area contributed by atoms with Gasteiger partial charge in [-0.1, -0.05) is 13.8 Å². The molecule has 17 heavy (non-hydrogen) atoms. The highest BCUT2D eigenvalue weighted by molar-refractivity contribution is 5.22. The summed E-state index contributed by atoms with van der Waals surface area (Å²) in [6.07, 6.45) is -0.263. The van der Waals surface area contributed by atoms with Crippen LogP contribution in [0, 0.1) is 17.6 Å². The molecule has 96 valence electrons. The summed E-state index contributed by atoms with van der Waals surface area (Å²) in [6, 6.07) is 2.88. The van der Waals surface area contributed by atoms with Crippen LogP contribution in [0.25, 0.3) is 0 Å². The number of hydrazine groups is 1. The predicted molar refractivity (Wildman–Crippen MR) is 62.1 cm³/mol. The van der Waals surface area contributed by atoms with E-state index in [1.165, 1.54) is 12.1 Å². The van der Waals surface area contributed by atoms with Crippen LogP contribution in [0.5, 0.6) is 0 Å². The van der Waals surface area contributed by atoms with E-state index in [4.69, 9.17) is 10.6 Å². The molecule has 0 spiro atoms. The maximum absolute atomic E-state index is 13.1. The van der Waals surface area contributed by atoms with Gasteiger partial charge >= 0.3 is 0 Å². The monoisotopic (exact) mass is 244 g/mol. The van der Waals surface area contributed by atoms with Crippen LogP contribution >= 0.6 is 0 Å². The maximum atomic E-state index is 13.1. The number of benzene rings is 1. The van der Waals surface area contributed by atoms with E-state index in [2.05, 4.69) is 5.43 Å². The first kappa shape index (κ1) is 14.0. The van der Waals surface area contributed by atoms with Gasteiger partial charge in [-0.05, 0) is 23.6 Å². The Morgan fingerprint density at radius 3 is 2.06 bits per heavy atom. The molecule has 0 aliphatic rings. The summed E-state index contributed by atoms with van der Waals surface area (Å²) < 4.78 is 31.6. The number of nitrogens with one attached hydrogen (secondary N) is 1. The van der Waals surface area contributed by atoms with E-state index >= 15 is 0 Å². The summed E-state index contributed by atoms with van der Waals surface area (Å²) in [5.74, 6) is 4.35. The summed E-state index contributed by atoms with van der Waals surface area (Å²) in [4.78, 5) is 0. The van der Waals surface area contributed by atoms with Crippen molar-refractivity contribution in [2.75, 3.05) is 7.11 Å². The lowest BCUT2D eigenvalue weighted by atomic mass is 9.94. The molecule has 0 bridgehead atoms. The summed E-state index contributed by atoms with van der Waals surface area (Å²) >= 11 is 0. The molecule has 0 aliphatic carbocycles. The van der Waals surface area contributed by atoms with Crippen LogP contribution in [0.15, 0.2) is 18.2 Å². The van der Waals surface area contributed by atoms with Gasteiger partial charge in [0, 0.05) is 13.2 Å². The Kier molecular flexibility index (Phi) is 4.99. The van der Waals surface area contributed by atoms with Gasteiger partial charge in [-0.2, -0.15) is 0 Å². The molecule has 0 heterocycles. The molecule has 0 radical (unpaired) electrons. The van der Waals surface area contributed by atoms with E-state index in [0.717, 1.165) is 6.07 Å². The molecule has 1 rings (SSSR count). The molecule has 2 atom stereocenters. The number of rotatable bonds is 5. The Morgan fingerprint density at radius 1 is 1.18 bits per heavy atom. The van der Waals surface area contributed by atoms with E-state index in [1.54, 1.807) is 7.11 Å². The van der Waals surface area contributed by atoms with Crippen molar-refractivity contribution in [1.29, 1.82) is 0 Å². The number of nitrogens with two attached hydrogens (primary N) is 1. The number of hydrogen-bond donors (Lipinski definition) is 2. The lowest BCUT2D eigenvalue weighted by Gasteiger charge is -2.28. The zero-order valence-electron chi connectivity index (χ0n) is 10.2. The Bertz CT molecular complexity index is 351. The molecular formula is C12H18F2N2O. The summed E-state index contributed by atoms with van der Waals surface area (Å²) in [5, 5.41) is 0. The van der Waals surface area contributed by atoms with Gasteiger partial charge in [0.1, 0.15) is 11.6 Å². The standard InChI is InChI=1S/C12H18F2N2O/c1-7(2)12(17-3)11(16-15)8-4-9(13)6-10(14)5-8/h4-7,11-12,16H,15H2,1-3H3. The largest absolute Gasteiger partial charge is 0.379 e. The van der Waals surface area contributed by atoms with Crippen molar-refractivity contribution in [2.24, 2.45) is 11.8 Å². The molecular weight excluding hydrogens is 226 g/mol. The smallest absolute Gasteiger partial charge is 0.126 e. The molecule has 0 saturated carbocycles. The second-order valence-corrected chi connectivity index (χ2v) is 4.29. The number of methoxy groups -OCH3 is 1. The molecule has 5 heteroatoms. The Morgan fingerprint density at radius 2 is 1.71 bits per heavy atom. The molecule has 0 aromatic heterocycles. The third-order valence-corrected chi connectivity index (χ3v) is 2.68. The lowest BCUT2D eigenvalue weighted by Crippen LogP contribution is -2.40. The zero-order chi connectivity index (χ0) is 13.0. The van der Waals surface area contributed by atoms with Gasteiger partial charge < -0.3 is 4.74 Å². The third-order valence-electron chi connectivity index (χ3n) is 2.68. The number of ether oxygens (including phenoxy) is 1. The summed E-state index contributed by atoms with van der Waals surface area (Å²) in [6.45, 7) is 3.91. The van der Waals surface area contributed by atoms with Crippen LogP contribution in [-0.4, -0.2) is 13.2 Å². The molecule has 0 fully saturated rings. The molecule has 0 saturated heterocycles. The van der Waals surface area contributed by atoms with Crippen LogP contribution in [-0.2, 0) is 4.74 Å². The fourth-order valence-electron chi connectivity index (χ4n) is 1.93. The minimum absolute atomic E-state index is 0.160. The Balaban J connectivity index is 3.07. The summed E-state index contributed by atoms with van der Waals surface area (Å²) in [5.41, 5.74) is 2.98. The molecule has 0 amide bonds. The number of hydrogen-bond acceptors (Lipinski definition) is 3. The van der Waals surface area contributed by atoms with Crippen molar-refractivity contribution in [2.45, 2.75) is 26.0 Å². The highest BCUT2D eigenvalue weighted by Gasteiger charge is 2.25. The number of halogens is 2. The Hall–Kier alpha value is -1.04. The van der Waals surface area contributed by atoms with Crippen LogP contribution < -0.4 is 11.3 Å². The van der Waals surface area contributed by atoms with Crippen LogP contribution in [0.2, 0.25) is 0 Å². The first-order valence-corrected chi connectivity index (χ1v) is 5.44. The first-order valence-electron chi connectivity index (χ1n) is 5.44. The van der Waals surface area contributed by atoms with Crippen molar-refractivity contribution in [3.05, 3.63) is 35.4 Å². The highest BCUT2D eigenvalue weighted by atomic mass is 19.1. The molecule has 0 aliphatic heterocycles. The minimum atomic E-state index is -0.626. The van der Waals surface area contributed by atoms with Gasteiger partial charge in [0.2, 0.25) is 0 Å². The third kappa shape index (κ3) is 3.46. The SMILES string of the molecule is COC(C(C)C)C(NN)c1cc(F)cc(F)c1. The normalized spacial score (nSPS) is 15.0. The second kappa shape index (κ2) is 6.05. The van der Waals surface area contributed by atoms with E-state index in [1.807, 2.05) is 13.8 Å². The Labute approximate surface area is 99.9 Å².